The average molecular weight is 259 g/mol. The Morgan fingerprint density at radius 3 is 2.40 bits per heavy atom. The Bertz CT molecular complexity index is 763. The highest BCUT2D eigenvalue weighted by molar-refractivity contribution is 5.65. The van der Waals surface area contributed by atoms with E-state index in [1.165, 1.54) is 0 Å². The van der Waals surface area contributed by atoms with E-state index in [0.29, 0.717) is 17.2 Å². The first-order chi connectivity index (χ1) is 9.88. The fourth-order valence-electron chi connectivity index (χ4n) is 1.80. The van der Waals surface area contributed by atoms with Crippen molar-refractivity contribution >= 4 is 0 Å². The van der Waals surface area contributed by atoms with Crippen LogP contribution in [0.15, 0.2) is 54.7 Å². The third-order valence-electron chi connectivity index (χ3n) is 2.73. The minimum Gasteiger partial charge on any atom is -0.253 e. The predicted molar refractivity (Wildman–Crippen MR) is 73.2 cm³/mol. The van der Waals surface area contributed by atoms with Crippen LogP contribution >= 0.6 is 0 Å². The lowest BCUT2D eigenvalue weighted by Crippen LogP contribution is -2.01. The zero-order valence-electron chi connectivity index (χ0n) is 10.4. The van der Waals surface area contributed by atoms with Gasteiger partial charge in [0.05, 0.1) is 0 Å². The van der Waals surface area contributed by atoms with Crippen molar-refractivity contribution in [1.29, 1.82) is 5.26 Å². The maximum Gasteiger partial charge on any atom is 0.201 e. The quantitative estimate of drug-likeness (QED) is 0.706. The molecule has 0 N–H and O–H groups in total. The van der Waals surface area contributed by atoms with Crippen molar-refractivity contribution in [2.75, 3.05) is 0 Å². The highest BCUT2D eigenvalue weighted by Crippen LogP contribution is 2.20. The van der Waals surface area contributed by atoms with Gasteiger partial charge in [-0.15, -0.1) is 10.2 Å². The molecule has 0 spiro atoms. The van der Waals surface area contributed by atoms with Crippen LogP contribution in [0.4, 0.5) is 0 Å². The number of hydrogen-bond donors (Lipinski definition) is 0. The number of benzene rings is 1. The van der Waals surface area contributed by atoms with Gasteiger partial charge in [-0.2, -0.15) is 5.26 Å². The van der Waals surface area contributed by atoms with Gasteiger partial charge in [0.2, 0.25) is 5.82 Å². The molecule has 0 aliphatic carbocycles. The molecule has 0 amide bonds. The Balaban J connectivity index is 2.11. The Hall–Kier alpha value is -3.13. The lowest BCUT2D eigenvalue weighted by Gasteiger charge is -2.03. The minimum absolute atomic E-state index is 0.242. The molecule has 3 rings (SSSR count). The van der Waals surface area contributed by atoms with Gasteiger partial charge in [-0.25, -0.2) is 4.98 Å². The van der Waals surface area contributed by atoms with Gasteiger partial charge in [0, 0.05) is 11.8 Å². The molecular formula is C15H9N5. The van der Waals surface area contributed by atoms with E-state index in [4.69, 9.17) is 0 Å². The van der Waals surface area contributed by atoms with Crippen molar-refractivity contribution in [2.45, 2.75) is 0 Å². The smallest absolute Gasteiger partial charge is 0.201 e. The summed E-state index contributed by atoms with van der Waals surface area (Å²) in [5.41, 5.74) is 2.13. The van der Waals surface area contributed by atoms with Gasteiger partial charge in [0.25, 0.3) is 0 Å². The molecule has 0 unspecified atom stereocenters. The topological polar surface area (TPSA) is 75.3 Å². The lowest BCUT2D eigenvalue weighted by atomic mass is 10.1. The van der Waals surface area contributed by atoms with E-state index >= 15 is 0 Å². The second kappa shape index (κ2) is 5.24. The SMILES string of the molecule is N#Cc1nc(-c2ccccn2)nnc1-c1ccccc1. The van der Waals surface area contributed by atoms with E-state index in [1.54, 1.807) is 18.3 Å². The van der Waals surface area contributed by atoms with E-state index < -0.39 is 0 Å². The summed E-state index contributed by atoms with van der Waals surface area (Å²) in [6.07, 6.45) is 1.65. The van der Waals surface area contributed by atoms with Crippen LogP contribution in [-0.4, -0.2) is 20.2 Å². The van der Waals surface area contributed by atoms with Gasteiger partial charge < -0.3 is 0 Å². The molecular weight excluding hydrogens is 250 g/mol. The van der Waals surface area contributed by atoms with Crippen LogP contribution in [0.5, 0.6) is 0 Å². The molecule has 5 heteroatoms. The summed E-state index contributed by atoms with van der Waals surface area (Å²) in [7, 11) is 0. The first-order valence-electron chi connectivity index (χ1n) is 6.00. The van der Waals surface area contributed by atoms with Gasteiger partial charge in [0.1, 0.15) is 17.5 Å². The molecule has 0 atom stereocenters. The molecule has 0 aliphatic heterocycles. The summed E-state index contributed by atoms with van der Waals surface area (Å²) >= 11 is 0. The molecule has 94 valence electrons. The fourth-order valence-corrected chi connectivity index (χ4v) is 1.80. The maximum atomic E-state index is 9.25. The van der Waals surface area contributed by atoms with Crippen molar-refractivity contribution in [3.63, 3.8) is 0 Å². The third kappa shape index (κ3) is 2.22. The first-order valence-corrected chi connectivity index (χ1v) is 6.00. The molecule has 2 heterocycles. The molecule has 1 aromatic carbocycles. The Morgan fingerprint density at radius 1 is 0.900 bits per heavy atom. The van der Waals surface area contributed by atoms with Crippen molar-refractivity contribution in [2.24, 2.45) is 0 Å². The zero-order valence-corrected chi connectivity index (χ0v) is 10.4. The summed E-state index contributed by atoms with van der Waals surface area (Å²) in [5, 5.41) is 17.4. The van der Waals surface area contributed by atoms with E-state index in [0.717, 1.165) is 5.56 Å². The van der Waals surface area contributed by atoms with Crippen LogP contribution in [0, 0.1) is 11.3 Å². The number of pyridine rings is 1. The average Bonchev–Trinajstić information content (AvgIpc) is 2.56. The van der Waals surface area contributed by atoms with E-state index in [1.807, 2.05) is 36.4 Å². The largest absolute Gasteiger partial charge is 0.253 e. The highest BCUT2D eigenvalue weighted by atomic mass is 15.2. The Morgan fingerprint density at radius 2 is 1.70 bits per heavy atom. The highest BCUT2D eigenvalue weighted by Gasteiger charge is 2.12. The molecule has 0 bridgehead atoms. The number of nitriles is 1. The predicted octanol–water partition coefficient (Wildman–Crippen LogP) is 2.47. The van der Waals surface area contributed by atoms with E-state index in [9.17, 15) is 5.26 Å². The number of hydrogen-bond acceptors (Lipinski definition) is 5. The van der Waals surface area contributed by atoms with Gasteiger partial charge in [0.15, 0.2) is 5.69 Å². The standard InChI is InChI=1S/C15H9N5/c16-10-13-14(11-6-2-1-3-7-11)19-20-15(18-13)12-8-4-5-9-17-12/h1-9H. The minimum atomic E-state index is 0.242. The van der Waals surface area contributed by atoms with Crippen LogP contribution in [0.2, 0.25) is 0 Å². The van der Waals surface area contributed by atoms with E-state index in [2.05, 4.69) is 26.2 Å². The fraction of sp³-hybridized carbons (Fsp3) is 0. The van der Waals surface area contributed by atoms with Crippen molar-refractivity contribution < 1.29 is 0 Å². The summed E-state index contributed by atoms with van der Waals surface area (Å²) in [6, 6.07) is 16.9. The number of aromatic nitrogens is 4. The third-order valence-corrected chi connectivity index (χ3v) is 2.73. The zero-order chi connectivity index (χ0) is 13.8. The number of nitrogens with zero attached hydrogens (tertiary/aromatic N) is 5. The van der Waals surface area contributed by atoms with Crippen molar-refractivity contribution in [3.8, 4) is 28.8 Å². The normalized spacial score (nSPS) is 9.95. The summed E-state index contributed by atoms with van der Waals surface area (Å²) in [5.74, 6) is 0.349. The van der Waals surface area contributed by atoms with Crippen LogP contribution in [0.3, 0.4) is 0 Å². The molecule has 2 aromatic heterocycles. The van der Waals surface area contributed by atoms with Crippen molar-refractivity contribution in [3.05, 3.63) is 60.4 Å². The summed E-state index contributed by atoms with van der Waals surface area (Å²) < 4.78 is 0. The Kier molecular flexibility index (Phi) is 3.13. The molecule has 0 radical (unpaired) electrons. The van der Waals surface area contributed by atoms with Crippen molar-refractivity contribution in [1.82, 2.24) is 20.2 Å². The molecule has 5 nitrogen and oxygen atoms in total. The first kappa shape index (κ1) is 11.9. The molecule has 3 aromatic rings. The molecule has 0 aliphatic rings. The Labute approximate surface area is 115 Å². The summed E-state index contributed by atoms with van der Waals surface area (Å²) in [4.78, 5) is 8.39. The lowest BCUT2D eigenvalue weighted by molar-refractivity contribution is 0.966. The second-order valence-corrected chi connectivity index (χ2v) is 4.03. The van der Waals surface area contributed by atoms with Gasteiger partial charge in [-0.1, -0.05) is 36.4 Å². The molecule has 0 saturated heterocycles. The number of rotatable bonds is 2. The molecule has 0 fully saturated rings. The van der Waals surface area contributed by atoms with E-state index in [-0.39, 0.29) is 5.69 Å². The van der Waals surface area contributed by atoms with Crippen LogP contribution < -0.4 is 0 Å². The van der Waals surface area contributed by atoms with Crippen LogP contribution in [0.1, 0.15) is 5.69 Å². The maximum absolute atomic E-state index is 9.25. The van der Waals surface area contributed by atoms with Crippen LogP contribution in [0.25, 0.3) is 22.8 Å². The summed E-state index contributed by atoms with van der Waals surface area (Å²) in [6.45, 7) is 0. The van der Waals surface area contributed by atoms with Gasteiger partial charge in [-0.05, 0) is 12.1 Å². The second-order valence-electron chi connectivity index (χ2n) is 4.03. The van der Waals surface area contributed by atoms with Gasteiger partial charge in [-0.3, -0.25) is 4.98 Å². The molecule has 0 saturated carbocycles. The monoisotopic (exact) mass is 259 g/mol. The molecule has 20 heavy (non-hydrogen) atoms. The van der Waals surface area contributed by atoms with Gasteiger partial charge >= 0.3 is 0 Å². The van der Waals surface area contributed by atoms with Crippen LogP contribution in [-0.2, 0) is 0 Å².